The van der Waals surface area contributed by atoms with E-state index in [0.29, 0.717) is 11.4 Å². The molecule has 0 saturated heterocycles. The van der Waals surface area contributed by atoms with E-state index in [-0.39, 0.29) is 5.92 Å². The largest absolute Gasteiger partial charge is 0.398 e. The third kappa shape index (κ3) is 1.39. The van der Waals surface area contributed by atoms with Crippen LogP contribution < -0.4 is 11.5 Å². The lowest BCUT2D eigenvalue weighted by atomic mass is 9.99. The maximum absolute atomic E-state index is 10.5. The SMILES string of the molecule is CC(C=O)c1c(N)cccc1N. The normalized spacial score (nSPS) is 12.4. The molecule has 1 rings (SSSR count). The Hall–Kier alpha value is -1.51. The predicted molar refractivity (Wildman–Crippen MR) is 49.7 cm³/mol. The molecular formula is C9H12N2O. The molecule has 0 aliphatic rings. The van der Waals surface area contributed by atoms with Crippen molar-refractivity contribution < 1.29 is 4.79 Å². The summed E-state index contributed by atoms with van der Waals surface area (Å²) in [5.74, 6) is -0.230. The summed E-state index contributed by atoms with van der Waals surface area (Å²) in [6.07, 6.45) is 0.835. The van der Waals surface area contributed by atoms with Crippen LogP contribution in [0.3, 0.4) is 0 Å². The number of hydrogen-bond donors (Lipinski definition) is 2. The van der Waals surface area contributed by atoms with Crippen molar-refractivity contribution in [2.45, 2.75) is 12.8 Å². The number of benzene rings is 1. The Balaban J connectivity index is 3.20. The lowest BCUT2D eigenvalue weighted by molar-refractivity contribution is -0.108. The van der Waals surface area contributed by atoms with Crippen LogP contribution in [0.2, 0.25) is 0 Å². The lowest BCUT2D eigenvalue weighted by Gasteiger charge is -2.10. The number of carbonyl (C=O) groups excluding carboxylic acids is 1. The second kappa shape index (κ2) is 3.26. The van der Waals surface area contributed by atoms with Crippen LogP contribution in [0, 0.1) is 0 Å². The van der Waals surface area contributed by atoms with Gasteiger partial charge in [0.05, 0.1) is 0 Å². The molecular weight excluding hydrogens is 152 g/mol. The highest BCUT2D eigenvalue weighted by Gasteiger charge is 2.10. The fourth-order valence-electron chi connectivity index (χ4n) is 1.20. The molecule has 4 N–H and O–H groups in total. The number of nitrogens with two attached hydrogens (primary N) is 2. The Labute approximate surface area is 71.4 Å². The van der Waals surface area contributed by atoms with Gasteiger partial charge in [0.25, 0.3) is 0 Å². The highest BCUT2D eigenvalue weighted by Crippen LogP contribution is 2.26. The van der Waals surface area contributed by atoms with Gasteiger partial charge in [-0.15, -0.1) is 0 Å². The molecule has 1 aromatic carbocycles. The van der Waals surface area contributed by atoms with Crippen LogP contribution in [0.25, 0.3) is 0 Å². The second-order valence-corrected chi connectivity index (χ2v) is 2.77. The third-order valence-corrected chi connectivity index (χ3v) is 1.83. The summed E-state index contributed by atoms with van der Waals surface area (Å²) in [7, 11) is 0. The van der Waals surface area contributed by atoms with Crippen molar-refractivity contribution in [2.24, 2.45) is 0 Å². The van der Waals surface area contributed by atoms with E-state index >= 15 is 0 Å². The molecule has 1 aromatic rings. The monoisotopic (exact) mass is 164 g/mol. The quantitative estimate of drug-likeness (QED) is 0.509. The molecule has 0 aromatic heterocycles. The van der Waals surface area contributed by atoms with Gasteiger partial charge in [0.2, 0.25) is 0 Å². The van der Waals surface area contributed by atoms with E-state index in [1.54, 1.807) is 25.1 Å². The molecule has 1 atom stereocenters. The standard InChI is InChI=1S/C9H12N2O/c1-6(5-12)9-7(10)3-2-4-8(9)11/h2-6H,10-11H2,1H3. The van der Waals surface area contributed by atoms with Gasteiger partial charge < -0.3 is 16.3 Å². The molecule has 0 aliphatic heterocycles. The van der Waals surface area contributed by atoms with Crippen LogP contribution in [-0.2, 0) is 4.79 Å². The van der Waals surface area contributed by atoms with Crippen LogP contribution in [0.5, 0.6) is 0 Å². The first-order chi connectivity index (χ1) is 5.66. The Kier molecular flexibility index (Phi) is 2.33. The zero-order valence-electron chi connectivity index (χ0n) is 6.95. The Morgan fingerprint density at radius 1 is 1.33 bits per heavy atom. The number of nitrogen functional groups attached to an aromatic ring is 2. The van der Waals surface area contributed by atoms with Crippen molar-refractivity contribution in [2.75, 3.05) is 11.5 Å². The van der Waals surface area contributed by atoms with E-state index in [1.807, 2.05) is 0 Å². The van der Waals surface area contributed by atoms with Crippen molar-refractivity contribution in [1.82, 2.24) is 0 Å². The number of carbonyl (C=O) groups is 1. The molecule has 0 amide bonds. The van der Waals surface area contributed by atoms with Gasteiger partial charge in [-0.25, -0.2) is 0 Å². The van der Waals surface area contributed by atoms with Crippen LogP contribution >= 0.6 is 0 Å². The average Bonchev–Trinajstić information content (AvgIpc) is 2.03. The van der Waals surface area contributed by atoms with E-state index < -0.39 is 0 Å². The number of rotatable bonds is 2. The average molecular weight is 164 g/mol. The maximum atomic E-state index is 10.5. The highest BCUT2D eigenvalue weighted by molar-refractivity contribution is 5.73. The fourth-order valence-corrected chi connectivity index (χ4v) is 1.20. The van der Waals surface area contributed by atoms with Gasteiger partial charge >= 0.3 is 0 Å². The van der Waals surface area contributed by atoms with Crippen molar-refractivity contribution in [3.63, 3.8) is 0 Å². The molecule has 1 unspecified atom stereocenters. The molecule has 0 bridgehead atoms. The lowest BCUT2D eigenvalue weighted by Crippen LogP contribution is -2.04. The molecule has 12 heavy (non-hydrogen) atoms. The first kappa shape index (κ1) is 8.59. The molecule has 0 aliphatic carbocycles. The minimum Gasteiger partial charge on any atom is -0.398 e. The van der Waals surface area contributed by atoms with Crippen molar-refractivity contribution in [3.8, 4) is 0 Å². The van der Waals surface area contributed by atoms with Gasteiger partial charge in [0.1, 0.15) is 6.29 Å². The van der Waals surface area contributed by atoms with Crippen molar-refractivity contribution in [1.29, 1.82) is 0 Å². The summed E-state index contributed by atoms with van der Waals surface area (Å²) < 4.78 is 0. The molecule has 64 valence electrons. The summed E-state index contributed by atoms with van der Waals surface area (Å²) in [5.41, 5.74) is 13.2. The molecule has 0 heterocycles. The van der Waals surface area contributed by atoms with Gasteiger partial charge in [-0.2, -0.15) is 0 Å². The van der Waals surface area contributed by atoms with Gasteiger partial charge in [0.15, 0.2) is 0 Å². The Bertz CT molecular complexity index is 276. The molecule has 3 heteroatoms. The zero-order valence-corrected chi connectivity index (χ0v) is 6.95. The van der Waals surface area contributed by atoms with Crippen LogP contribution in [0.4, 0.5) is 11.4 Å². The molecule has 0 fully saturated rings. The second-order valence-electron chi connectivity index (χ2n) is 2.77. The first-order valence-corrected chi connectivity index (χ1v) is 3.76. The van der Waals surface area contributed by atoms with Gasteiger partial charge in [-0.1, -0.05) is 13.0 Å². The van der Waals surface area contributed by atoms with Gasteiger partial charge in [-0.3, -0.25) is 0 Å². The minimum atomic E-state index is -0.230. The minimum absolute atomic E-state index is 0.230. The molecule has 3 nitrogen and oxygen atoms in total. The third-order valence-electron chi connectivity index (χ3n) is 1.83. The smallest absolute Gasteiger partial charge is 0.127 e. The molecule has 0 saturated carbocycles. The summed E-state index contributed by atoms with van der Waals surface area (Å²) in [4.78, 5) is 10.5. The van der Waals surface area contributed by atoms with Crippen LogP contribution in [-0.4, -0.2) is 6.29 Å². The first-order valence-electron chi connectivity index (χ1n) is 3.76. The van der Waals surface area contributed by atoms with Gasteiger partial charge in [-0.05, 0) is 12.1 Å². The summed E-state index contributed by atoms with van der Waals surface area (Å²) in [6.45, 7) is 1.77. The number of hydrogen-bond acceptors (Lipinski definition) is 3. The number of anilines is 2. The van der Waals surface area contributed by atoms with E-state index in [2.05, 4.69) is 0 Å². The Morgan fingerprint density at radius 2 is 1.83 bits per heavy atom. The predicted octanol–water partition coefficient (Wildman–Crippen LogP) is 1.15. The maximum Gasteiger partial charge on any atom is 0.127 e. The van der Waals surface area contributed by atoms with Crippen molar-refractivity contribution in [3.05, 3.63) is 23.8 Å². The van der Waals surface area contributed by atoms with E-state index in [0.717, 1.165) is 11.8 Å². The zero-order chi connectivity index (χ0) is 9.14. The van der Waals surface area contributed by atoms with Crippen molar-refractivity contribution >= 4 is 17.7 Å². The summed E-state index contributed by atoms with van der Waals surface area (Å²) >= 11 is 0. The van der Waals surface area contributed by atoms with Crippen LogP contribution in [0.15, 0.2) is 18.2 Å². The Morgan fingerprint density at radius 3 is 2.25 bits per heavy atom. The summed E-state index contributed by atoms with van der Waals surface area (Å²) in [6, 6.07) is 5.25. The fraction of sp³-hybridized carbons (Fsp3) is 0.222. The topological polar surface area (TPSA) is 69.1 Å². The van der Waals surface area contributed by atoms with Crippen LogP contribution in [0.1, 0.15) is 18.4 Å². The summed E-state index contributed by atoms with van der Waals surface area (Å²) in [5, 5.41) is 0. The van der Waals surface area contributed by atoms with Gasteiger partial charge in [0, 0.05) is 22.9 Å². The highest BCUT2D eigenvalue weighted by atomic mass is 16.1. The van der Waals surface area contributed by atoms with E-state index in [1.165, 1.54) is 0 Å². The van der Waals surface area contributed by atoms with E-state index in [9.17, 15) is 4.79 Å². The molecule has 0 radical (unpaired) electrons. The van der Waals surface area contributed by atoms with E-state index in [4.69, 9.17) is 11.5 Å². The number of aldehydes is 1. The molecule has 0 spiro atoms.